The van der Waals surface area contributed by atoms with E-state index >= 15 is 0 Å². The highest BCUT2D eigenvalue weighted by Gasteiger charge is 2.48. The zero-order chi connectivity index (χ0) is 18.9. The van der Waals surface area contributed by atoms with Crippen LogP contribution in [0.1, 0.15) is 48.5 Å². The van der Waals surface area contributed by atoms with Crippen molar-refractivity contribution in [3.05, 3.63) is 35.4 Å². The fourth-order valence-electron chi connectivity index (χ4n) is 4.66. The summed E-state index contributed by atoms with van der Waals surface area (Å²) in [5, 5.41) is 3.12. The van der Waals surface area contributed by atoms with Crippen molar-refractivity contribution >= 4 is 11.9 Å². The van der Waals surface area contributed by atoms with E-state index in [0.29, 0.717) is 12.2 Å². The number of benzene rings is 1. The fourth-order valence-corrected chi connectivity index (χ4v) is 4.66. The molecule has 6 nitrogen and oxygen atoms in total. The summed E-state index contributed by atoms with van der Waals surface area (Å²) in [4.78, 5) is 29.5. The van der Waals surface area contributed by atoms with E-state index in [0.717, 1.165) is 64.0 Å². The van der Waals surface area contributed by atoms with Crippen LogP contribution in [0.5, 0.6) is 0 Å². The number of esters is 1. The topological polar surface area (TPSA) is 61.9 Å². The van der Waals surface area contributed by atoms with Crippen LogP contribution < -0.4 is 5.32 Å². The van der Waals surface area contributed by atoms with Gasteiger partial charge in [0.25, 0.3) is 0 Å². The molecule has 0 bridgehead atoms. The first-order valence-corrected chi connectivity index (χ1v) is 10.2. The normalized spacial score (nSPS) is 28.8. The third-order valence-corrected chi connectivity index (χ3v) is 6.48. The number of carbonyl (C=O) groups is 2. The van der Waals surface area contributed by atoms with Crippen molar-refractivity contribution in [1.82, 2.24) is 15.1 Å². The molecule has 146 valence electrons. The number of fused-ring (bicyclic) bond motifs is 2. The van der Waals surface area contributed by atoms with Gasteiger partial charge >= 0.3 is 5.97 Å². The van der Waals surface area contributed by atoms with Gasteiger partial charge in [0.1, 0.15) is 5.60 Å². The SMILES string of the molecule is CCN1CCN(CNC(=O)C2CCC3(CC2)OC(=O)c2ccccc23)CC1. The Hall–Kier alpha value is -1.92. The third-order valence-electron chi connectivity index (χ3n) is 6.48. The predicted octanol–water partition coefficient (Wildman–Crippen LogP) is 1.95. The first kappa shape index (κ1) is 18.4. The number of hydrogen-bond donors (Lipinski definition) is 1. The Bertz CT molecular complexity index is 704. The Morgan fingerprint density at radius 3 is 2.52 bits per heavy atom. The quantitative estimate of drug-likeness (QED) is 0.820. The number of likely N-dealkylation sites (N-methyl/N-ethyl adjacent to an activating group) is 1. The number of amides is 1. The van der Waals surface area contributed by atoms with Crippen molar-refractivity contribution in [3.63, 3.8) is 0 Å². The molecule has 1 spiro atoms. The van der Waals surface area contributed by atoms with Gasteiger partial charge in [-0.15, -0.1) is 0 Å². The number of ether oxygens (including phenoxy) is 1. The van der Waals surface area contributed by atoms with Crippen LogP contribution in [0.2, 0.25) is 0 Å². The standard InChI is InChI=1S/C21H29N3O3/c1-2-23-11-13-24(14-12-23)15-22-19(25)16-7-9-21(10-8-16)18-6-4-3-5-17(18)20(26)27-21/h3-6,16H,2,7-15H2,1H3,(H,22,25). The Labute approximate surface area is 160 Å². The number of piperazine rings is 1. The summed E-state index contributed by atoms with van der Waals surface area (Å²) in [7, 11) is 0. The van der Waals surface area contributed by atoms with Crippen LogP contribution in [-0.2, 0) is 15.1 Å². The molecule has 2 fully saturated rings. The zero-order valence-electron chi connectivity index (χ0n) is 16.1. The molecular formula is C21H29N3O3. The molecule has 1 N–H and O–H groups in total. The molecule has 0 unspecified atom stereocenters. The molecule has 4 rings (SSSR count). The lowest BCUT2D eigenvalue weighted by atomic mass is 9.75. The third kappa shape index (κ3) is 3.60. The monoisotopic (exact) mass is 371 g/mol. The van der Waals surface area contributed by atoms with Gasteiger partial charge in [0.05, 0.1) is 12.2 Å². The van der Waals surface area contributed by atoms with Crippen LogP contribution >= 0.6 is 0 Å². The zero-order valence-corrected chi connectivity index (χ0v) is 16.1. The van der Waals surface area contributed by atoms with Gasteiger partial charge in [0.2, 0.25) is 5.91 Å². The van der Waals surface area contributed by atoms with Crippen molar-refractivity contribution in [1.29, 1.82) is 0 Å². The molecule has 1 aliphatic carbocycles. The minimum Gasteiger partial charge on any atom is -0.451 e. The molecule has 2 aliphatic heterocycles. The second kappa shape index (κ2) is 7.60. The van der Waals surface area contributed by atoms with Gasteiger partial charge in [-0.05, 0) is 38.3 Å². The molecule has 27 heavy (non-hydrogen) atoms. The van der Waals surface area contributed by atoms with Crippen LogP contribution in [0.4, 0.5) is 0 Å². The fraction of sp³-hybridized carbons (Fsp3) is 0.619. The van der Waals surface area contributed by atoms with Gasteiger partial charge in [-0.25, -0.2) is 4.79 Å². The van der Waals surface area contributed by atoms with Gasteiger partial charge in [-0.1, -0.05) is 25.1 Å². The number of nitrogens with zero attached hydrogens (tertiary/aromatic N) is 2. The molecule has 2 heterocycles. The molecule has 0 aromatic heterocycles. The van der Waals surface area contributed by atoms with Crippen LogP contribution in [0.25, 0.3) is 0 Å². The number of rotatable bonds is 4. The Morgan fingerprint density at radius 1 is 1.15 bits per heavy atom. The van der Waals surface area contributed by atoms with Crippen LogP contribution in [0.3, 0.4) is 0 Å². The van der Waals surface area contributed by atoms with Crippen molar-refractivity contribution < 1.29 is 14.3 Å². The smallest absolute Gasteiger partial charge is 0.339 e. The van der Waals surface area contributed by atoms with E-state index in [-0.39, 0.29) is 17.8 Å². The predicted molar refractivity (Wildman–Crippen MR) is 102 cm³/mol. The van der Waals surface area contributed by atoms with Gasteiger partial charge < -0.3 is 15.0 Å². The second-order valence-electron chi connectivity index (χ2n) is 7.96. The Balaban J connectivity index is 1.29. The van der Waals surface area contributed by atoms with Gasteiger partial charge in [0.15, 0.2) is 0 Å². The summed E-state index contributed by atoms with van der Waals surface area (Å²) in [6.45, 7) is 8.08. The van der Waals surface area contributed by atoms with Crippen molar-refractivity contribution in [3.8, 4) is 0 Å². The average Bonchev–Trinajstić information content (AvgIpc) is 2.99. The lowest BCUT2D eigenvalue weighted by Gasteiger charge is -2.37. The van der Waals surface area contributed by atoms with E-state index in [4.69, 9.17) is 4.74 Å². The molecule has 1 aromatic carbocycles. The minimum atomic E-state index is -0.513. The molecule has 1 saturated carbocycles. The maximum Gasteiger partial charge on any atom is 0.339 e. The van der Waals surface area contributed by atoms with E-state index in [9.17, 15) is 9.59 Å². The summed E-state index contributed by atoms with van der Waals surface area (Å²) in [5.41, 5.74) is 1.18. The molecule has 1 amide bonds. The highest BCUT2D eigenvalue weighted by molar-refractivity contribution is 5.94. The summed E-state index contributed by atoms with van der Waals surface area (Å²) < 4.78 is 5.78. The van der Waals surface area contributed by atoms with Crippen molar-refractivity contribution in [2.24, 2.45) is 5.92 Å². The van der Waals surface area contributed by atoms with E-state index < -0.39 is 5.60 Å². The summed E-state index contributed by atoms with van der Waals surface area (Å²) in [5.74, 6) is -0.0703. The molecule has 0 atom stereocenters. The van der Waals surface area contributed by atoms with Crippen LogP contribution in [0, 0.1) is 5.92 Å². The molecule has 1 saturated heterocycles. The van der Waals surface area contributed by atoms with Gasteiger partial charge in [-0.2, -0.15) is 0 Å². The number of carbonyl (C=O) groups excluding carboxylic acids is 2. The van der Waals surface area contributed by atoms with E-state index in [2.05, 4.69) is 22.0 Å². The highest BCUT2D eigenvalue weighted by atomic mass is 16.6. The van der Waals surface area contributed by atoms with Crippen LogP contribution in [0.15, 0.2) is 24.3 Å². The summed E-state index contributed by atoms with van der Waals surface area (Å²) in [6, 6.07) is 7.66. The number of hydrogen-bond acceptors (Lipinski definition) is 5. The molecule has 6 heteroatoms. The van der Waals surface area contributed by atoms with Crippen molar-refractivity contribution in [2.75, 3.05) is 39.4 Å². The van der Waals surface area contributed by atoms with Crippen LogP contribution in [-0.4, -0.2) is 61.1 Å². The molecule has 3 aliphatic rings. The van der Waals surface area contributed by atoms with Crippen molar-refractivity contribution in [2.45, 2.75) is 38.2 Å². The second-order valence-corrected chi connectivity index (χ2v) is 7.96. The maximum atomic E-state index is 12.6. The summed E-state index contributed by atoms with van der Waals surface area (Å²) >= 11 is 0. The highest BCUT2D eigenvalue weighted by Crippen LogP contribution is 2.47. The minimum absolute atomic E-state index is 0.0130. The summed E-state index contributed by atoms with van der Waals surface area (Å²) in [6.07, 6.45) is 2.97. The number of nitrogens with one attached hydrogen (secondary N) is 1. The Morgan fingerprint density at radius 2 is 1.81 bits per heavy atom. The first-order valence-electron chi connectivity index (χ1n) is 10.2. The maximum absolute atomic E-state index is 12.6. The lowest BCUT2D eigenvalue weighted by Crippen LogP contribution is -2.50. The lowest BCUT2D eigenvalue weighted by molar-refractivity contribution is -0.128. The average molecular weight is 371 g/mol. The first-order chi connectivity index (χ1) is 13.1. The van der Waals surface area contributed by atoms with Gasteiger partial charge in [-0.3, -0.25) is 9.69 Å². The Kier molecular flexibility index (Phi) is 5.19. The largest absolute Gasteiger partial charge is 0.451 e. The molecule has 1 aromatic rings. The van der Waals surface area contributed by atoms with E-state index in [1.165, 1.54) is 0 Å². The van der Waals surface area contributed by atoms with E-state index in [1.54, 1.807) is 0 Å². The van der Waals surface area contributed by atoms with E-state index in [1.807, 2.05) is 24.3 Å². The molecule has 0 radical (unpaired) electrons. The van der Waals surface area contributed by atoms with Gasteiger partial charge in [0, 0.05) is 37.7 Å². The molecular weight excluding hydrogens is 342 g/mol.